The molecule has 1 heterocycles. The zero-order chi connectivity index (χ0) is 18.7. The monoisotopic (exact) mass is 388 g/mol. The summed E-state index contributed by atoms with van der Waals surface area (Å²) in [5.74, 6) is -0.294. The van der Waals surface area contributed by atoms with Gasteiger partial charge in [0.25, 0.3) is 5.91 Å². The Balaban J connectivity index is 2.10. The average molecular weight is 389 g/mol. The molecule has 0 unspecified atom stereocenters. The topological polar surface area (TPSA) is 43.6 Å². The summed E-state index contributed by atoms with van der Waals surface area (Å²) >= 11 is 7.51. The molecule has 1 amide bonds. The second-order valence-corrected chi connectivity index (χ2v) is 7.51. The van der Waals surface area contributed by atoms with Crippen LogP contribution in [-0.2, 0) is 11.3 Å². The lowest BCUT2D eigenvalue weighted by Crippen LogP contribution is -2.19. The molecule has 0 radical (unpaired) electrons. The van der Waals surface area contributed by atoms with E-state index in [9.17, 15) is 4.79 Å². The molecule has 0 saturated heterocycles. The number of nitrogens with zero attached hydrogens (tertiary/aromatic N) is 2. The molecule has 0 aliphatic carbocycles. The fourth-order valence-electron chi connectivity index (χ4n) is 2.70. The van der Waals surface area contributed by atoms with E-state index in [0.717, 1.165) is 10.2 Å². The van der Waals surface area contributed by atoms with Crippen molar-refractivity contribution in [1.29, 1.82) is 0 Å². The van der Waals surface area contributed by atoms with Gasteiger partial charge in [0.05, 0.1) is 16.8 Å². The average Bonchev–Trinajstić information content (AvgIpc) is 2.92. The van der Waals surface area contributed by atoms with Crippen molar-refractivity contribution in [1.82, 2.24) is 4.57 Å². The molecule has 2 aromatic carbocycles. The van der Waals surface area contributed by atoms with Gasteiger partial charge in [-0.25, -0.2) is 0 Å². The predicted octanol–water partition coefficient (Wildman–Crippen LogP) is 4.75. The van der Waals surface area contributed by atoms with Crippen molar-refractivity contribution in [2.45, 2.75) is 27.3 Å². The van der Waals surface area contributed by atoms with E-state index in [1.165, 1.54) is 22.5 Å². The molecule has 0 saturated carbocycles. The minimum absolute atomic E-state index is 0.294. The van der Waals surface area contributed by atoms with Gasteiger partial charge in [-0.3, -0.25) is 4.79 Å². The van der Waals surface area contributed by atoms with E-state index in [1.54, 1.807) is 24.3 Å². The number of ether oxygens (including phenoxy) is 1. The number of hydrogen-bond acceptors (Lipinski definition) is 3. The summed E-state index contributed by atoms with van der Waals surface area (Å²) in [7, 11) is 0. The molecule has 0 spiro atoms. The quantitative estimate of drug-likeness (QED) is 0.592. The fourth-order valence-corrected chi connectivity index (χ4v) is 4.02. The first kappa shape index (κ1) is 18.8. The molecule has 0 fully saturated rings. The van der Waals surface area contributed by atoms with Crippen molar-refractivity contribution in [3.63, 3.8) is 0 Å². The van der Waals surface area contributed by atoms with Crippen LogP contribution in [0.1, 0.15) is 28.4 Å². The van der Waals surface area contributed by atoms with Gasteiger partial charge in [-0.2, -0.15) is 4.99 Å². The lowest BCUT2D eigenvalue weighted by Gasteiger charge is -2.07. The number of aryl methyl sites for hydroxylation is 2. The van der Waals surface area contributed by atoms with Crippen molar-refractivity contribution < 1.29 is 9.53 Å². The van der Waals surface area contributed by atoms with E-state index in [-0.39, 0.29) is 5.91 Å². The highest BCUT2D eigenvalue weighted by Crippen LogP contribution is 2.22. The summed E-state index contributed by atoms with van der Waals surface area (Å²) in [6.07, 6.45) is 0. The van der Waals surface area contributed by atoms with Crippen LogP contribution in [0.2, 0.25) is 5.02 Å². The third kappa shape index (κ3) is 4.06. The molecule has 0 N–H and O–H groups in total. The highest BCUT2D eigenvalue weighted by atomic mass is 35.5. The number of hydrogen-bond donors (Lipinski definition) is 0. The van der Waals surface area contributed by atoms with Crippen LogP contribution in [0.25, 0.3) is 10.2 Å². The zero-order valence-corrected chi connectivity index (χ0v) is 16.7. The number of rotatable bonds is 5. The van der Waals surface area contributed by atoms with Crippen LogP contribution >= 0.6 is 22.9 Å². The van der Waals surface area contributed by atoms with E-state index >= 15 is 0 Å². The summed E-state index contributed by atoms with van der Waals surface area (Å²) in [5, 5.41) is 0.526. The number of aromatic nitrogens is 1. The van der Waals surface area contributed by atoms with E-state index in [1.807, 2.05) is 6.92 Å². The van der Waals surface area contributed by atoms with Gasteiger partial charge in [0.1, 0.15) is 0 Å². The van der Waals surface area contributed by atoms with E-state index in [2.05, 4.69) is 35.5 Å². The Bertz CT molecular complexity index is 1020. The summed E-state index contributed by atoms with van der Waals surface area (Å²) in [4.78, 5) is 17.6. The maximum atomic E-state index is 12.6. The van der Waals surface area contributed by atoms with Crippen LogP contribution in [0.5, 0.6) is 0 Å². The van der Waals surface area contributed by atoms with Crippen molar-refractivity contribution in [3.8, 4) is 0 Å². The maximum absolute atomic E-state index is 12.6. The highest BCUT2D eigenvalue weighted by Gasteiger charge is 2.11. The molecule has 3 aromatic rings. The highest BCUT2D eigenvalue weighted by molar-refractivity contribution is 7.16. The smallest absolute Gasteiger partial charge is 0.279 e. The van der Waals surface area contributed by atoms with E-state index in [0.29, 0.717) is 35.1 Å². The van der Waals surface area contributed by atoms with Gasteiger partial charge >= 0.3 is 0 Å². The SMILES string of the molecule is CCOCCn1c(=NC(=O)c2cccc(Cl)c2)sc2cc(C)c(C)cc21. The Hall–Kier alpha value is -1.95. The van der Waals surface area contributed by atoms with Crippen LogP contribution in [0.15, 0.2) is 41.4 Å². The Morgan fingerprint density at radius 2 is 2.00 bits per heavy atom. The molecule has 0 atom stereocenters. The zero-order valence-electron chi connectivity index (χ0n) is 15.1. The normalized spacial score (nSPS) is 12.1. The van der Waals surface area contributed by atoms with Crippen LogP contribution < -0.4 is 4.80 Å². The van der Waals surface area contributed by atoms with Gasteiger partial charge in [0.2, 0.25) is 0 Å². The standard InChI is InChI=1S/C20H21ClN2O2S/c1-4-25-9-8-23-17-10-13(2)14(3)11-18(17)26-20(23)22-19(24)15-6-5-7-16(21)12-15/h5-7,10-12H,4,8-9H2,1-3H3. The molecular formula is C20H21ClN2O2S. The van der Waals surface area contributed by atoms with Gasteiger partial charge in [-0.05, 0) is 62.2 Å². The Kier molecular flexibility index (Phi) is 5.91. The summed E-state index contributed by atoms with van der Waals surface area (Å²) < 4.78 is 8.68. The van der Waals surface area contributed by atoms with Gasteiger partial charge in [-0.1, -0.05) is 29.0 Å². The van der Waals surface area contributed by atoms with Crippen molar-refractivity contribution in [2.24, 2.45) is 4.99 Å². The number of carbonyl (C=O) groups excluding carboxylic acids is 1. The third-order valence-electron chi connectivity index (χ3n) is 4.23. The fraction of sp³-hybridized carbons (Fsp3) is 0.300. The number of halogens is 1. The number of thiazole rings is 1. The summed E-state index contributed by atoms with van der Waals surface area (Å²) in [6.45, 7) is 8.04. The lowest BCUT2D eigenvalue weighted by molar-refractivity contribution is 0.0996. The van der Waals surface area contributed by atoms with E-state index < -0.39 is 0 Å². The first-order chi connectivity index (χ1) is 12.5. The van der Waals surface area contributed by atoms with Gasteiger partial charge in [-0.15, -0.1) is 0 Å². The number of fused-ring (bicyclic) bond motifs is 1. The largest absolute Gasteiger partial charge is 0.380 e. The van der Waals surface area contributed by atoms with Gasteiger partial charge in [0, 0.05) is 23.7 Å². The molecule has 26 heavy (non-hydrogen) atoms. The third-order valence-corrected chi connectivity index (χ3v) is 5.51. The van der Waals surface area contributed by atoms with E-state index in [4.69, 9.17) is 16.3 Å². The number of benzene rings is 2. The second-order valence-electron chi connectivity index (χ2n) is 6.06. The Morgan fingerprint density at radius 1 is 1.23 bits per heavy atom. The Labute approximate surface area is 161 Å². The molecule has 0 aliphatic rings. The summed E-state index contributed by atoms with van der Waals surface area (Å²) in [6, 6.07) is 11.2. The molecule has 6 heteroatoms. The number of carbonyl (C=O) groups is 1. The van der Waals surface area contributed by atoms with Crippen LogP contribution in [0.3, 0.4) is 0 Å². The van der Waals surface area contributed by atoms with Gasteiger partial charge < -0.3 is 9.30 Å². The lowest BCUT2D eigenvalue weighted by atomic mass is 10.1. The minimum Gasteiger partial charge on any atom is -0.380 e. The molecule has 136 valence electrons. The molecule has 4 nitrogen and oxygen atoms in total. The molecule has 3 rings (SSSR count). The Morgan fingerprint density at radius 3 is 2.73 bits per heavy atom. The molecule has 1 aromatic heterocycles. The van der Waals surface area contributed by atoms with Crippen LogP contribution in [0, 0.1) is 13.8 Å². The van der Waals surface area contributed by atoms with Crippen molar-refractivity contribution in [2.75, 3.05) is 13.2 Å². The first-order valence-corrected chi connectivity index (χ1v) is 9.72. The maximum Gasteiger partial charge on any atom is 0.279 e. The summed E-state index contributed by atoms with van der Waals surface area (Å²) in [5.41, 5.74) is 4.01. The molecule has 0 bridgehead atoms. The predicted molar refractivity (Wildman–Crippen MR) is 107 cm³/mol. The minimum atomic E-state index is -0.294. The molecule has 0 aliphatic heterocycles. The second kappa shape index (κ2) is 8.16. The van der Waals surface area contributed by atoms with Crippen LogP contribution in [-0.4, -0.2) is 23.7 Å². The van der Waals surface area contributed by atoms with Crippen LogP contribution in [0.4, 0.5) is 0 Å². The van der Waals surface area contributed by atoms with Gasteiger partial charge in [0.15, 0.2) is 4.80 Å². The van der Waals surface area contributed by atoms with Crippen molar-refractivity contribution in [3.05, 3.63) is 62.9 Å². The number of amides is 1. The first-order valence-electron chi connectivity index (χ1n) is 8.52. The molecular weight excluding hydrogens is 368 g/mol. The van der Waals surface area contributed by atoms with Crippen molar-refractivity contribution >= 4 is 39.1 Å².